The molecule has 2 amide bonds. The van der Waals surface area contributed by atoms with Crippen LogP contribution in [0.1, 0.15) is 17.5 Å². The predicted octanol–water partition coefficient (Wildman–Crippen LogP) is 3.77. The average Bonchev–Trinajstić information content (AvgIpc) is 3.02. The number of amides is 2. The number of thioether (sulfide) groups is 1. The van der Waals surface area contributed by atoms with Crippen LogP contribution >= 0.6 is 23.4 Å². The van der Waals surface area contributed by atoms with E-state index in [0.717, 1.165) is 16.9 Å². The zero-order valence-electron chi connectivity index (χ0n) is 15.5. The highest BCUT2D eigenvalue weighted by Crippen LogP contribution is 2.25. The summed E-state index contributed by atoms with van der Waals surface area (Å²) < 4.78 is 5.30. The summed E-state index contributed by atoms with van der Waals surface area (Å²) in [5, 5.41) is 6.07. The van der Waals surface area contributed by atoms with Gasteiger partial charge in [-0.2, -0.15) is 0 Å². The van der Waals surface area contributed by atoms with Gasteiger partial charge < -0.3 is 15.4 Å². The quantitative estimate of drug-likeness (QED) is 0.749. The number of amidine groups is 1. The number of hydrogen-bond donors (Lipinski definition) is 2. The van der Waals surface area contributed by atoms with Gasteiger partial charge in [0.2, 0.25) is 11.8 Å². The Balaban J connectivity index is 1.58. The van der Waals surface area contributed by atoms with Crippen LogP contribution in [0.4, 0.5) is 5.69 Å². The van der Waals surface area contributed by atoms with Crippen molar-refractivity contribution in [3.63, 3.8) is 0 Å². The molecule has 28 heavy (non-hydrogen) atoms. The first-order valence-corrected chi connectivity index (χ1v) is 9.92. The molecule has 2 aromatic rings. The van der Waals surface area contributed by atoms with Crippen LogP contribution in [-0.2, 0) is 16.1 Å². The number of carbonyl (C=O) groups excluding carboxylic acids is 2. The van der Waals surface area contributed by atoms with Gasteiger partial charge >= 0.3 is 0 Å². The molecule has 0 bridgehead atoms. The Bertz CT molecular complexity index is 933. The second-order valence-electron chi connectivity index (χ2n) is 6.25. The molecule has 1 aliphatic heterocycles. The van der Waals surface area contributed by atoms with E-state index in [0.29, 0.717) is 22.4 Å². The van der Waals surface area contributed by atoms with Gasteiger partial charge in [-0.05, 0) is 30.7 Å². The molecule has 1 aliphatic rings. The summed E-state index contributed by atoms with van der Waals surface area (Å²) in [7, 11) is 1.61. The first-order valence-electron chi connectivity index (χ1n) is 8.66. The van der Waals surface area contributed by atoms with Crippen molar-refractivity contribution < 1.29 is 14.3 Å². The molecule has 146 valence electrons. The molecule has 1 unspecified atom stereocenters. The van der Waals surface area contributed by atoms with Gasteiger partial charge in [0.15, 0.2) is 5.17 Å². The Morgan fingerprint density at radius 2 is 2.11 bits per heavy atom. The van der Waals surface area contributed by atoms with Gasteiger partial charge in [-0.3, -0.25) is 14.6 Å². The number of benzene rings is 2. The van der Waals surface area contributed by atoms with Crippen molar-refractivity contribution in [3.8, 4) is 5.75 Å². The van der Waals surface area contributed by atoms with Gasteiger partial charge in [-0.1, -0.05) is 47.6 Å². The number of anilines is 1. The lowest BCUT2D eigenvalue weighted by atomic mass is 10.2. The second-order valence-corrected chi connectivity index (χ2v) is 7.84. The van der Waals surface area contributed by atoms with E-state index < -0.39 is 5.25 Å². The Hall–Kier alpha value is -2.51. The summed E-state index contributed by atoms with van der Waals surface area (Å²) in [5.74, 6) is 0.272. The number of aliphatic imine (C=N–C) groups is 1. The fourth-order valence-corrected chi connectivity index (χ4v) is 3.81. The minimum Gasteiger partial charge on any atom is -0.496 e. The fourth-order valence-electron chi connectivity index (χ4n) is 2.66. The Kier molecular flexibility index (Phi) is 6.59. The molecule has 3 rings (SSSR count). The first-order chi connectivity index (χ1) is 13.5. The summed E-state index contributed by atoms with van der Waals surface area (Å²) in [6.07, 6.45) is 0.0513. The van der Waals surface area contributed by atoms with Crippen LogP contribution in [0.15, 0.2) is 47.5 Å². The van der Waals surface area contributed by atoms with Crippen molar-refractivity contribution in [2.24, 2.45) is 4.99 Å². The second kappa shape index (κ2) is 9.12. The van der Waals surface area contributed by atoms with E-state index >= 15 is 0 Å². The van der Waals surface area contributed by atoms with Gasteiger partial charge in [-0.25, -0.2) is 0 Å². The Morgan fingerprint density at radius 3 is 2.86 bits per heavy atom. The molecule has 1 fully saturated rings. The molecule has 0 aromatic heterocycles. The number of nitrogens with one attached hydrogen (secondary N) is 2. The summed E-state index contributed by atoms with van der Waals surface area (Å²) in [6, 6.07) is 12.9. The molecular formula is C20H20ClN3O3S. The van der Waals surface area contributed by atoms with Gasteiger partial charge in [-0.15, -0.1) is 0 Å². The van der Waals surface area contributed by atoms with Crippen LogP contribution in [-0.4, -0.2) is 29.3 Å². The average molecular weight is 418 g/mol. The maximum atomic E-state index is 12.3. The molecule has 0 saturated carbocycles. The number of ether oxygens (including phenoxy) is 1. The third kappa shape index (κ3) is 5.05. The van der Waals surface area contributed by atoms with E-state index in [4.69, 9.17) is 16.3 Å². The third-order valence-electron chi connectivity index (χ3n) is 4.19. The van der Waals surface area contributed by atoms with Crippen molar-refractivity contribution in [1.82, 2.24) is 5.32 Å². The monoisotopic (exact) mass is 417 g/mol. The first kappa shape index (κ1) is 20.2. The predicted molar refractivity (Wildman–Crippen MR) is 113 cm³/mol. The molecule has 1 saturated heterocycles. The Labute approximate surface area is 172 Å². The lowest BCUT2D eigenvalue weighted by Crippen LogP contribution is -2.28. The lowest BCUT2D eigenvalue weighted by molar-refractivity contribution is -0.122. The van der Waals surface area contributed by atoms with Crippen LogP contribution < -0.4 is 15.4 Å². The van der Waals surface area contributed by atoms with E-state index in [1.54, 1.807) is 19.2 Å². The van der Waals surface area contributed by atoms with Crippen molar-refractivity contribution in [2.75, 3.05) is 12.4 Å². The normalized spacial score (nSPS) is 17.5. The van der Waals surface area contributed by atoms with E-state index in [1.807, 2.05) is 37.3 Å². The molecular weight excluding hydrogens is 398 g/mol. The molecule has 1 atom stereocenters. The molecule has 1 heterocycles. The van der Waals surface area contributed by atoms with Crippen molar-refractivity contribution >= 4 is 46.0 Å². The Morgan fingerprint density at radius 1 is 1.32 bits per heavy atom. The summed E-state index contributed by atoms with van der Waals surface area (Å²) in [5.41, 5.74) is 2.46. The topological polar surface area (TPSA) is 79.8 Å². The van der Waals surface area contributed by atoms with E-state index in [2.05, 4.69) is 15.6 Å². The molecule has 2 N–H and O–H groups in total. The minimum absolute atomic E-state index is 0.0513. The number of halogens is 1. The highest BCUT2D eigenvalue weighted by atomic mass is 35.5. The van der Waals surface area contributed by atoms with Crippen molar-refractivity contribution in [1.29, 1.82) is 0 Å². The largest absolute Gasteiger partial charge is 0.496 e. The summed E-state index contributed by atoms with van der Waals surface area (Å²) in [6.45, 7) is 2.27. The number of methoxy groups -OCH3 is 1. The highest BCUT2D eigenvalue weighted by molar-refractivity contribution is 8.15. The lowest BCUT2D eigenvalue weighted by Gasteiger charge is -2.08. The van der Waals surface area contributed by atoms with Crippen LogP contribution in [0.5, 0.6) is 5.75 Å². The van der Waals surface area contributed by atoms with Crippen molar-refractivity contribution in [3.05, 3.63) is 58.6 Å². The molecule has 0 aliphatic carbocycles. The molecule has 0 radical (unpaired) electrons. The number of hydrogen-bond acceptors (Lipinski definition) is 5. The van der Waals surface area contributed by atoms with Crippen LogP contribution in [0.2, 0.25) is 5.02 Å². The van der Waals surface area contributed by atoms with Crippen LogP contribution in [0.3, 0.4) is 0 Å². The number of rotatable bonds is 6. The minimum atomic E-state index is -0.516. The van der Waals surface area contributed by atoms with E-state index in [1.165, 1.54) is 11.8 Å². The third-order valence-corrected chi connectivity index (χ3v) is 5.72. The molecule has 0 spiro atoms. The maximum absolute atomic E-state index is 12.3. The standard InChI is InChI=1S/C20H20ClN3O3S/c1-12-7-8-14(9-15(12)21)23-18(25)10-17-19(26)24-20(28-17)22-11-13-5-3-4-6-16(13)27-2/h3-9,17H,10-11H2,1-2H3,(H,23,25)(H,22,24,26). The number of para-hydroxylation sites is 1. The van der Waals surface area contributed by atoms with Gasteiger partial charge in [0.1, 0.15) is 11.0 Å². The smallest absolute Gasteiger partial charge is 0.240 e. The fraction of sp³-hybridized carbons (Fsp3) is 0.250. The van der Waals surface area contributed by atoms with Crippen LogP contribution in [0.25, 0.3) is 0 Å². The van der Waals surface area contributed by atoms with Gasteiger partial charge in [0.05, 0.1) is 13.7 Å². The van der Waals surface area contributed by atoms with E-state index in [9.17, 15) is 9.59 Å². The molecule has 8 heteroatoms. The van der Waals surface area contributed by atoms with E-state index in [-0.39, 0.29) is 18.2 Å². The molecule has 2 aromatic carbocycles. The summed E-state index contributed by atoms with van der Waals surface area (Å²) >= 11 is 7.33. The molecule has 6 nitrogen and oxygen atoms in total. The number of aryl methyl sites for hydroxylation is 1. The van der Waals surface area contributed by atoms with Gasteiger partial charge in [0.25, 0.3) is 0 Å². The van der Waals surface area contributed by atoms with Crippen molar-refractivity contribution in [2.45, 2.75) is 25.1 Å². The SMILES string of the molecule is COc1ccccc1CN=C1NC(=O)C(CC(=O)Nc2ccc(C)c(Cl)c2)S1. The maximum Gasteiger partial charge on any atom is 0.240 e. The summed E-state index contributed by atoms with van der Waals surface area (Å²) in [4.78, 5) is 28.9. The van der Waals surface area contributed by atoms with Gasteiger partial charge in [0, 0.05) is 22.7 Å². The number of carbonyl (C=O) groups is 2. The number of nitrogens with zero attached hydrogens (tertiary/aromatic N) is 1. The zero-order chi connectivity index (χ0) is 20.1. The highest BCUT2D eigenvalue weighted by Gasteiger charge is 2.32. The zero-order valence-corrected chi connectivity index (χ0v) is 17.1. The van der Waals surface area contributed by atoms with Crippen LogP contribution in [0, 0.1) is 6.92 Å².